The second-order valence-corrected chi connectivity index (χ2v) is 16.2. The number of allylic oxidation sites excluding steroid dienone is 4. The molecular formula is C34H48N2O4S. The van der Waals surface area contributed by atoms with E-state index in [1.165, 1.54) is 0 Å². The Morgan fingerprint density at radius 2 is 1.66 bits per heavy atom. The molecule has 4 fully saturated rings. The first kappa shape index (κ1) is 28.4. The lowest BCUT2D eigenvalue weighted by atomic mass is 9.32. The number of aryl methyl sites for hydroxylation is 1. The average Bonchev–Trinajstić information content (AvgIpc) is 3.49. The van der Waals surface area contributed by atoms with Crippen molar-refractivity contribution in [3.05, 3.63) is 45.7 Å². The Hall–Kier alpha value is -1.35. The van der Waals surface area contributed by atoms with Gasteiger partial charge in [-0.25, -0.2) is 0 Å². The predicted octanol–water partition coefficient (Wildman–Crippen LogP) is 4.44. The third-order valence-electron chi connectivity index (χ3n) is 13.3. The van der Waals surface area contributed by atoms with Crippen molar-refractivity contribution >= 4 is 17.1 Å². The van der Waals surface area contributed by atoms with Crippen molar-refractivity contribution in [3.63, 3.8) is 0 Å². The zero-order chi connectivity index (χ0) is 28.8. The highest BCUT2D eigenvalue weighted by molar-refractivity contribution is 7.14. The van der Waals surface area contributed by atoms with Crippen molar-refractivity contribution < 1.29 is 20.1 Å². The van der Waals surface area contributed by atoms with E-state index < -0.39 is 5.60 Å². The van der Waals surface area contributed by atoms with Gasteiger partial charge in [0.1, 0.15) is 0 Å². The molecule has 0 amide bonds. The number of thiophene rings is 1. The predicted molar refractivity (Wildman–Crippen MR) is 162 cm³/mol. The summed E-state index contributed by atoms with van der Waals surface area (Å²) in [6.07, 6.45) is 13.0. The number of piperazine rings is 1. The molecule has 8 unspecified atom stereocenters. The van der Waals surface area contributed by atoms with Gasteiger partial charge >= 0.3 is 0 Å². The van der Waals surface area contributed by atoms with E-state index in [0.29, 0.717) is 18.9 Å². The van der Waals surface area contributed by atoms with Crippen LogP contribution < -0.4 is 0 Å². The number of fused-ring (bicyclic) bond motifs is 1. The lowest BCUT2D eigenvalue weighted by Gasteiger charge is -2.71. The van der Waals surface area contributed by atoms with Gasteiger partial charge in [-0.15, -0.1) is 11.3 Å². The van der Waals surface area contributed by atoms with Crippen molar-refractivity contribution in [1.29, 1.82) is 0 Å². The Bertz CT molecular complexity index is 1280. The van der Waals surface area contributed by atoms with E-state index in [4.69, 9.17) is 0 Å². The van der Waals surface area contributed by atoms with E-state index in [9.17, 15) is 20.1 Å². The molecule has 6 nitrogen and oxygen atoms in total. The SMILES string of the molecule is Cc1ccc(C(=O)C2=CC34C=CC25C(CCC2(C)C5CCC2(O)CN2CCN(CCO)CC2)C3(C)CCC(O)C4)s1. The third-order valence-corrected chi connectivity index (χ3v) is 14.3. The second kappa shape index (κ2) is 9.57. The van der Waals surface area contributed by atoms with Gasteiger partial charge in [0.25, 0.3) is 0 Å². The third kappa shape index (κ3) is 3.82. The molecule has 2 spiro atoms. The van der Waals surface area contributed by atoms with Crippen molar-refractivity contribution in [1.82, 2.24) is 9.80 Å². The zero-order valence-electron chi connectivity index (χ0n) is 25.1. The van der Waals surface area contributed by atoms with E-state index in [0.717, 1.165) is 86.6 Å². The molecule has 224 valence electrons. The number of ketones is 1. The molecule has 0 radical (unpaired) electrons. The van der Waals surface area contributed by atoms with Gasteiger partial charge in [-0.1, -0.05) is 32.1 Å². The van der Waals surface area contributed by atoms with Crippen LogP contribution in [0.4, 0.5) is 0 Å². The van der Waals surface area contributed by atoms with Gasteiger partial charge in [0.2, 0.25) is 0 Å². The number of hydrogen-bond acceptors (Lipinski definition) is 7. The quantitative estimate of drug-likeness (QED) is 0.341. The molecule has 7 heteroatoms. The Morgan fingerprint density at radius 3 is 2.37 bits per heavy atom. The highest BCUT2D eigenvalue weighted by atomic mass is 32.1. The number of aliphatic hydroxyl groups excluding tert-OH is 2. The first-order chi connectivity index (χ1) is 19.5. The van der Waals surface area contributed by atoms with Gasteiger partial charge < -0.3 is 15.3 Å². The molecule has 2 heterocycles. The summed E-state index contributed by atoms with van der Waals surface area (Å²) in [6.45, 7) is 12.1. The van der Waals surface area contributed by atoms with Crippen LogP contribution in [0.1, 0.15) is 73.3 Å². The highest BCUT2D eigenvalue weighted by Gasteiger charge is 2.74. The Labute approximate surface area is 249 Å². The summed E-state index contributed by atoms with van der Waals surface area (Å²) in [5.74, 6) is 0.697. The van der Waals surface area contributed by atoms with Crippen LogP contribution in [0.25, 0.3) is 0 Å². The topological polar surface area (TPSA) is 84.2 Å². The van der Waals surface area contributed by atoms with E-state index in [-0.39, 0.29) is 46.1 Å². The maximum atomic E-state index is 14.5. The number of carbonyl (C=O) groups excluding carboxylic acids is 1. The van der Waals surface area contributed by atoms with Crippen LogP contribution in [0, 0.1) is 40.4 Å². The molecule has 8 atom stereocenters. The molecule has 2 bridgehead atoms. The maximum Gasteiger partial charge on any atom is 0.199 e. The summed E-state index contributed by atoms with van der Waals surface area (Å²) < 4.78 is 0. The first-order valence-electron chi connectivity index (χ1n) is 16.0. The van der Waals surface area contributed by atoms with E-state index in [1.807, 2.05) is 6.07 Å². The van der Waals surface area contributed by atoms with Crippen LogP contribution in [0.3, 0.4) is 0 Å². The molecule has 3 saturated carbocycles. The largest absolute Gasteiger partial charge is 0.395 e. The van der Waals surface area contributed by atoms with Gasteiger partial charge in [-0.3, -0.25) is 14.6 Å². The molecule has 1 aromatic heterocycles. The van der Waals surface area contributed by atoms with Crippen molar-refractivity contribution in [2.75, 3.05) is 45.9 Å². The smallest absolute Gasteiger partial charge is 0.199 e. The average molecular weight is 581 g/mol. The van der Waals surface area contributed by atoms with Gasteiger partial charge in [0, 0.05) is 66.0 Å². The van der Waals surface area contributed by atoms with Crippen LogP contribution in [0.15, 0.2) is 35.9 Å². The number of β-amino-alcohol motifs (C(OH)–C–C–N with tert-alkyl or cyclic N) is 2. The number of aliphatic hydroxyl groups is 3. The number of nitrogens with zero attached hydrogens (tertiary/aromatic N) is 2. The standard InChI is InChI=1S/C34H48N2O4S/c1-23-4-5-26(41-23)29(39)25-21-32-12-13-34(25)27(30(32,2)9-6-24(38)20-32)7-10-31(3)28(34)8-11-33(31,40)22-36-16-14-35(15-17-36)18-19-37/h4-5,12-13,21,24,27-28,37-38,40H,6-11,14-20,22H2,1-3H3. The van der Waals surface area contributed by atoms with Gasteiger partial charge in [-0.05, 0) is 81.3 Å². The molecule has 0 aromatic carbocycles. The van der Waals surface area contributed by atoms with Crippen molar-refractivity contribution in [2.24, 2.45) is 33.5 Å². The number of Topliss-reactive ketones (excluding diaryl/α,β-unsaturated/α-hetero) is 1. The number of rotatable bonds is 6. The molecule has 1 aromatic rings. The van der Waals surface area contributed by atoms with Crippen LogP contribution in [0.2, 0.25) is 0 Å². The molecule has 41 heavy (non-hydrogen) atoms. The summed E-state index contributed by atoms with van der Waals surface area (Å²) in [5.41, 5.74) is -0.801. The second-order valence-electron chi connectivity index (χ2n) is 14.9. The highest BCUT2D eigenvalue weighted by Crippen LogP contribution is 2.78. The van der Waals surface area contributed by atoms with Crippen molar-refractivity contribution in [2.45, 2.75) is 77.4 Å². The van der Waals surface area contributed by atoms with Gasteiger partial charge in [-0.2, -0.15) is 0 Å². The summed E-state index contributed by atoms with van der Waals surface area (Å²) in [4.78, 5) is 21.2. The normalized spacial score (nSPS) is 45.7. The van der Waals surface area contributed by atoms with Crippen LogP contribution in [-0.4, -0.2) is 88.5 Å². The van der Waals surface area contributed by atoms with E-state index >= 15 is 0 Å². The van der Waals surface area contributed by atoms with Gasteiger partial charge in [0.15, 0.2) is 5.78 Å². The monoisotopic (exact) mass is 580 g/mol. The minimum Gasteiger partial charge on any atom is -0.395 e. The molecule has 1 aliphatic heterocycles. The zero-order valence-corrected chi connectivity index (χ0v) is 25.9. The summed E-state index contributed by atoms with van der Waals surface area (Å²) in [5, 5.41) is 32.8. The van der Waals surface area contributed by atoms with Crippen LogP contribution in [0.5, 0.6) is 0 Å². The minimum atomic E-state index is -0.798. The Kier molecular flexibility index (Phi) is 6.64. The lowest BCUT2D eigenvalue weighted by Crippen LogP contribution is -2.67. The first-order valence-corrected chi connectivity index (χ1v) is 16.8. The molecule has 8 rings (SSSR count). The van der Waals surface area contributed by atoms with Crippen LogP contribution >= 0.6 is 11.3 Å². The Balaban J connectivity index is 1.28. The van der Waals surface area contributed by atoms with Crippen LogP contribution in [-0.2, 0) is 0 Å². The molecule has 3 N–H and O–H groups in total. The molecular weight excluding hydrogens is 532 g/mol. The van der Waals surface area contributed by atoms with E-state index in [2.05, 4.69) is 54.9 Å². The Morgan fingerprint density at radius 1 is 0.976 bits per heavy atom. The number of hydrogen-bond donors (Lipinski definition) is 3. The maximum absolute atomic E-state index is 14.5. The fraction of sp³-hybridized carbons (Fsp3) is 0.735. The summed E-state index contributed by atoms with van der Waals surface area (Å²) in [6, 6.07) is 4.05. The lowest BCUT2D eigenvalue weighted by molar-refractivity contribution is -0.177. The van der Waals surface area contributed by atoms with Crippen molar-refractivity contribution in [3.8, 4) is 0 Å². The van der Waals surface area contributed by atoms with Gasteiger partial charge in [0.05, 0.1) is 23.2 Å². The van der Waals surface area contributed by atoms with E-state index in [1.54, 1.807) is 11.3 Å². The minimum absolute atomic E-state index is 0.00119. The molecule has 6 aliphatic carbocycles. The fourth-order valence-electron chi connectivity index (χ4n) is 11.0. The molecule has 7 aliphatic rings. The summed E-state index contributed by atoms with van der Waals surface area (Å²) in [7, 11) is 0. The fourth-order valence-corrected chi connectivity index (χ4v) is 11.8. The summed E-state index contributed by atoms with van der Waals surface area (Å²) >= 11 is 1.59. The molecule has 1 saturated heterocycles. The number of carbonyl (C=O) groups is 1.